The van der Waals surface area contributed by atoms with Crippen molar-refractivity contribution in [2.45, 2.75) is 31.9 Å². The Morgan fingerprint density at radius 3 is 2.74 bits per heavy atom. The number of guanidine groups is 1. The summed E-state index contributed by atoms with van der Waals surface area (Å²) in [5.74, 6) is 0.857. The van der Waals surface area contributed by atoms with E-state index in [1.807, 2.05) is 18.0 Å². The Bertz CT molecular complexity index is 413. The summed E-state index contributed by atoms with van der Waals surface area (Å²) >= 11 is 3.60. The fraction of sp³-hybridized carbons (Fsp3) is 0.692. The second kappa shape index (κ2) is 7.75. The van der Waals surface area contributed by atoms with Gasteiger partial charge >= 0.3 is 0 Å². The van der Waals surface area contributed by atoms with Crippen LogP contribution in [0, 0.1) is 6.92 Å². The minimum absolute atomic E-state index is 0.212. The van der Waals surface area contributed by atoms with Gasteiger partial charge in [0.05, 0.1) is 5.01 Å². The lowest BCUT2D eigenvalue weighted by Crippen LogP contribution is -2.43. The van der Waals surface area contributed by atoms with Crippen LogP contribution in [0.2, 0.25) is 0 Å². The van der Waals surface area contributed by atoms with Gasteiger partial charge in [-0.15, -0.1) is 11.3 Å². The molecule has 0 aliphatic rings. The van der Waals surface area contributed by atoms with E-state index in [4.69, 9.17) is 0 Å². The summed E-state index contributed by atoms with van der Waals surface area (Å²) in [6, 6.07) is 0. The van der Waals surface area contributed by atoms with Gasteiger partial charge < -0.3 is 10.6 Å². The summed E-state index contributed by atoms with van der Waals surface area (Å²) in [6.45, 7) is 8.27. The lowest BCUT2D eigenvalue weighted by Gasteiger charge is -2.23. The Balaban J connectivity index is 2.30. The maximum atomic E-state index is 4.35. The van der Waals surface area contributed by atoms with Crippen molar-refractivity contribution >= 4 is 29.1 Å². The highest BCUT2D eigenvalue weighted by molar-refractivity contribution is 7.99. The predicted molar refractivity (Wildman–Crippen MR) is 87.5 cm³/mol. The third kappa shape index (κ3) is 6.29. The Kier molecular flexibility index (Phi) is 6.65. The number of nitrogens with zero attached hydrogens (tertiary/aromatic N) is 2. The monoisotopic (exact) mass is 300 g/mol. The molecule has 19 heavy (non-hydrogen) atoms. The van der Waals surface area contributed by atoms with Gasteiger partial charge in [-0.1, -0.05) is 0 Å². The molecule has 6 heteroatoms. The second-order valence-corrected chi connectivity index (χ2v) is 7.76. The number of aryl methyl sites for hydroxylation is 1. The summed E-state index contributed by atoms with van der Waals surface area (Å²) < 4.78 is 0.212. The first-order valence-corrected chi connectivity index (χ1v) is 8.42. The van der Waals surface area contributed by atoms with Crippen LogP contribution in [0.15, 0.2) is 11.2 Å². The van der Waals surface area contributed by atoms with E-state index in [9.17, 15) is 0 Å². The van der Waals surface area contributed by atoms with E-state index in [0.29, 0.717) is 0 Å². The molecule has 0 bridgehead atoms. The van der Waals surface area contributed by atoms with E-state index in [0.717, 1.165) is 25.5 Å². The molecular weight excluding hydrogens is 276 g/mol. The molecule has 108 valence electrons. The molecule has 0 saturated carbocycles. The molecule has 1 aromatic rings. The number of hydrogen-bond acceptors (Lipinski definition) is 4. The summed E-state index contributed by atoms with van der Waals surface area (Å²) in [7, 11) is 1.80. The van der Waals surface area contributed by atoms with Gasteiger partial charge in [0.2, 0.25) is 0 Å². The quantitative estimate of drug-likeness (QED) is 0.625. The maximum Gasteiger partial charge on any atom is 0.191 e. The van der Waals surface area contributed by atoms with Crippen molar-refractivity contribution in [1.82, 2.24) is 15.6 Å². The highest BCUT2D eigenvalue weighted by atomic mass is 32.2. The standard InChI is InChI=1S/C13H24N4S2/c1-10-8-16-11(19-10)6-7-15-12(14-4)17-9-13(2,3)18-5/h8H,6-7,9H2,1-5H3,(H2,14,15,17). The largest absolute Gasteiger partial charge is 0.356 e. The van der Waals surface area contributed by atoms with E-state index in [-0.39, 0.29) is 4.75 Å². The highest BCUT2D eigenvalue weighted by Gasteiger charge is 2.15. The number of nitrogens with one attached hydrogen (secondary N) is 2. The van der Waals surface area contributed by atoms with Crippen molar-refractivity contribution < 1.29 is 0 Å². The first kappa shape index (κ1) is 16.3. The van der Waals surface area contributed by atoms with Gasteiger partial charge in [0.1, 0.15) is 0 Å². The lowest BCUT2D eigenvalue weighted by atomic mass is 10.2. The van der Waals surface area contributed by atoms with Crippen LogP contribution in [0.25, 0.3) is 0 Å². The fourth-order valence-electron chi connectivity index (χ4n) is 1.39. The lowest BCUT2D eigenvalue weighted by molar-refractivity contribution is 0.664. The van der Waals surface area contributed by atoms with Crippen molar-refractivity contribution in [3.05, 3.63) is 16.1 Å². The minimum Gasteiger partial charge on any atom is -0.356 e. The summed E-state index contributed by atoms with van der Waals surface area (Å²) in [6.07, 6.45) is 4.99. The highest BCUT2D eigenvalue weighted by Crippen LogP contribution is 2.19. The van der Waals surface area contributed by atoms with Crippen LogP contribution in [0.4, 0.5) is 0 Å². The van der Waals surface area contributed by atoms with Crippen molar-refractivity contribution in [2.24, 2.45) is 4.99 Å². The van der Waals surface area contributed by atoms with Crippen LogP contribution in [0.1, 0.15) is 23.7 Å². The summed E-state index contributed by atoms with van der Waals surface area (Å²) in [5.41, 5.74) is 0. The molecule has 2 N–H and O–H groups in total. The van der Waals surface area contributed by atoms with Crippen LogP contribution in [-0.4, -0.2) is 42.1 Å². The van der Waals surface area contributed by atoms with Gasteiger partial charge in [-0.3, -0.25) is 4.99 Å². The normalized spacial score (nSPS) is 12.6. The maximum absolute atomic E-state index is 4.35. The van der Waals surface area contributed by atoms with Gasteiger partial charge in [0.25, 0.3) is 0 Å². The number of hydrogen-bond donors (Lipinski definition) is 2. The SMILES string of the molecule is CN=C(NCCc1ncc(C)s1)NCC(C)(C)SC. The third-order valence-electron chi connectivity index (χ3n) is 2.76. The molecule has 0 aliphatic carbocycles. The molecule has 1 aromatic heterocycles. The van der Waals surface area contributed by atoms with Crippen LogP contribution in [0.3, 0.4) is 0 Å². The molecule has 0 spiro atoms. The number of aliphatic imine (C=N–C) groups is 1. The van der Waals surface area contributed by atoms with Crippen LogP contribution < -0.4 is 10.6 Å². The molecule has 0 fully saturated rings. The second-order valence-electron chi connectivity index (χ2n) is 4.93. The first-order valence-electron chi connectivity index (χ1n) is 6.38. The number of thioether (sulfide) groups is 1. The molecule has 0 amide bonds. The predicted octanol–water partition coefficient (Wildman–Crippen LogP) is 2.30. The van der Waals surface area contributed by atoms with E-state index in [2.05, 4.69) is 47.6 Å². The fourth-order valence-corrected chi connectivity index (χ4v) is 2.40. The van der Waals surface area contributed by atoms with Gasteiger partial charge in [0, 0.05) is 42.4 Å². The molecule has 0 aromatic carbocycles. The molecule has 0 atom stereocenters. The average Bonchev–Trinajstić information content (AvgIpc) is 2.79. The molecule has 4 nitrogen and oxygen atoms in total. The van der Waals surface area contributed by atoms with Crippen molar-refractivity contribution in [1.29, 1.82) is 0 Å². The Hall–Kier alpha value is -0.750. The Morgan fingerprint density at radius 1 is 1.47 bits per heavy atom. The molecule has 1 rings (SSSR count). The minimum atomic E-state index is 0.212. The molecule has 0 aliphatic heterocycles. The van der Waals surface area contributed by atoms with Crippen molar-refractivity contribution in [3.8, 4) is 0 Å². The summed E-state index contributed by atoms with van der Waals surface area (Å²) in [4.78, 5) is 9.85. The number of aromatic nitrogens is 1. The van der Waals surface area contributed by atoms with Crippen LogP contribution in [0.5, 0.6) is 0 Å². The van der Waals surface area contributed by atoms with Crippen molar-refractivity contribution in [2.75, 3.05) is 26.4 Å². The Labute approximate surface area is 124 Å². The zero-order chi connectivity index (χ0) is 14.3. The van der Waals surface area contributed by atoms with E-state index in [1.54, 1.807) is 18.4 Å². The van der Waals surface area contributed by atoms with E-state index >= 15 is 0 Å². The number of rotatable bonds is 6. The molecule has 0 unspecified atom stereocenters. The topological polar surface area (TPSA) is 49.3 Å². The molecular formula is C13H24N4S2. The van der Waals surface area contributed by atoms with Gasteiger partial charge in [0.15, 0.2) is 5.96 Å². The molecule has 0 saturated heterocycles. The summed E-state index contributed by atoms with van der Waals surface area (Å²) in [5, 5.41) is 7.84. The number of thiazole rings is 1. The van der Waals surface area contributed by atoms with Gasteiger partial charge in [-0.25, -0.2) is 4.98 Å². The Morgan fingerprint density at radius 2 is 2.21 bits per heavy atom. The molecule has 0 radical (unpaired) electrons. The van der Waals surface area contributed by atoms with Crippen LogP contribution in [-0.2, 0) is 6.42 Å². The zero-order valence-electron chi connectivity index (χ0n) is 12.4. The van der Waals surface area contributed by atoms with Crippen molar-refractivity contribution in [3.63, 3.8) is 0 Å². The van der Waals surface area contributed by atoms with Gasteiger partial charge in [-0.05, 0) is 27.0 Å². The smallest absolute Gasteiger partial charge is 0.191 e. The van der Waals surface area contributed by atoms with E-state index < -0.39 is 0 Å². The first-order chi connectivity index (χ1) is 8.96. The van der Waals surface area contributed by atoms with Crippen LogP contribution >= 0.6 is 23.1 Å². The van der Waals surface area contributed by atoms with Gasteiger partial charge in [-0.2, -0.15) is 11.8 Å². The van der Waals surface area contributed by atoms with E-state index in [1.165, 1.54) is 9.88 Å². The zero-order valence-corrected chi connectivity index (χ0v) is 14.0. The average molecular weight is 300 g/mol. The third-order valence-corrected chi connectivity index (χ3v) is 4.98. The molecule has 1 heterocycles.